The molecular weight excluding hydrogens is 381 g/mol. The molecule has 2 aromatic carbocycles. The lowest BCUT2D eigenvalue weighted by molar-refractivity contribution is -0.122. The number of piperazine rings is 1. The molecule has 1 saturated heterocycles. The number of amides is 1. The van der Waals surface area contributed by atoms with Crippen molar-refractivity contribution in [2.24, 2.45) is 0 Å². The number of nitrogens with zero attached hydrogens (tertiary/aromatic N) is 2. The smallest absolute Gasteiger partial charge is 0.234 e. The second-order valence-corrected chi connectivity index (χ2v) is 7.80. The predicted octanol–water partition coefficient (Wildman–Crippen LogP) is 3.78. The van der Waals surface area contributed by atoms with Gasteiger partial charge >= 0.3 is 0 Å². The highest BCUT2D eigenvalue weighted by molar-refractivity contribution is 6.31. The van der Waals surface area contributed by atoms with E-state index in [4.69, 9.17) is 23.2 Å². The Kier molecular flexibility index (Phi) is 7.00. The normalized spacial score (nSPS) is 15.0. The van der Waals surface area contributed by atoms with Gasteiger partial charge in [-0.05, 0) is 48.7 Å². The molecule has 144 valence electrons. The molecule has 1 heterocycles. The summed E-state index contributed by atoms with van der Waals surface area (Å²) in [6, 6.07) is 13.7. The number of aryl methyl sites for hydroxylation is 1. The minimum atomic E-state index is 0.0735. The SMILES string of the molecule is Cc1ccc(Cl)cc1N1CCN(CC(=O)NCCc2cccc(Cl)c2)CC1. The molecule has 0 unspecified atom stereocenters. The van der Waals surface area contributed by atoms with Crippen molar-refractivity contribution in [3.63, 3.8) is 0 Å². The van der Waals surface area contributed by atoms with Crippen LogP contribution in [0.3, 0.4) is 0 Å². The largest absolute Gasteiger partial charge is 0.369 e. The Labute approximate surface area is 171 Å². The van der Waals surface area contributed by atoms with Crippen molar-refractivity contribution < 1.29 is 4.79 Å². The zero-order valence-corrected chi connectivity index (χ0v) is 17.1. The lowest BCUT2D eigenvalue weighted by Gasteiger charge is -2.36. The molecule has 1 amide bonds. The quantitative estimate of drug-likeness (QED) is 0.793. The van der Waals surface area contributed by atoms with Gasteiger partial charge in [-0.1, -0.05) is 41.4 Å². The van der Waals surface area contributed by atoms with Gasteiger partial charge in [0.1, 0.15) is 0 Å². The summed E-state index contributed by atoms with van der Waals surface area (Å²) in [5.41, 5.74) is 3.55. The van der Waals surface area contributed by atoms with E-state index in [0.29, 0.717) is 13.1 Å². The van der Waals surface area contributed by atoms with E-state index in [0.717, 1.165) is 48.2 Å². The second kappa shape index (κ2) is 9.45. The minimum Gasteiger partial charge on any atom is -0.369 e. The molecule has 0 spiro atoms. The lowest BCUT2D eigenvalue weighted by atomic mass is 10.1. The maximum atomic E-state index is 12.2. The summed E-state index contributed by atoms with van der Waals surface area (Å²) in [5, 5.41) is 4.49. The molecule has 0 radical (unpaired) electrons. The van der Waals surface area contributed by atoms with Gasteiger partial charge in [-0.2, -0.15) is 0 Å². The Morgan fingerprint density at radius 2 is 1.78 bits per heavy atom. The highest BCUT2D eigenvalue weighted by atomic mass is 35.5. The fraction of sp³-hybridized carbons (Fsp3) is 0.381. The first kappa shape index (κ1) is 20.0. The Bertz CT molecular complexity index is 789. The summed E-state index contributed by atoms with van der Waals surface area (Å²) in [5.74, 6) is 0.0735. The van der Waals surface area contributed by atoms with Crippen LogP contribution in [-0.2, 0) is 11.2 Å². The molecule has 0 aromatic heterocycles. The van der Waals surface area contributed by atoms with Crippen molar-refractivity contribution >= 4 is 34.8 Å². The van der Waals surface area contributed by atoms with Crippen molar-refractivity contribution in [3.8, 4) is 0 Å². The number of benzene rings is 2. The number of halogens is 2. The summed E-state index contributed by atoms with van der Waals surface area (Å²) < 4.78 is 0. The van der Waals surface area contributed by atoms with E-state index >= 15 is 0 Å². The standard InChI is InChI=1S/C21H25Cl2N3O/c1-16-5-6-19(23)14-20(16)26-11-9-25(10-12-26)15-21(27)24-8-7-17-3-2-4-18(22)13-17/h2-6,13-14H,7-12,15H2,1H3,(H,24,27). The number of carbonyl (C=O) groups excluding carboxylic acids is 1. The van der Waals surface area contributed by atoms with E-state index in [-0.39, 0.29) is 5.91 Å². The third-order valence-electron chi connectivity index (χ3n) is 4.88. The Morgan fingerprint density at radius 1 is 1.04 bits per heavy atom. The van der Waals surface area contributed by atoms with Crippen LogP contribution in [0.15, 0.2) is 42.5 Å². The molecule has 1 aliphatic rings. The average Bonchev–Trinajstić information content (AvgIpc) is 2.64. The molecule has 0 bridgehead atoms. The van der Waals surface area contributed by atoms with E-state index < -0.39 is 0 Å². The second-order valence-electron chi connectivity index (χ2n) is 6.92. The van der Waals surface area contributed by atoms with Gasteiger partial charge in [0.15, 0.2) is 0 Å². The maximum absolute atomic E-state index is 12.2. The van der Waals surface area contributed by atoms with Crippen LogP contribution in [0.5, 0.6) is 0 Å². The highest BCUT2D eigenvalue weighted by Crippen LogP contribution is 2.25. The van der Waals surface area contributed by atoms with Crippen LogP contribution >= 0.6 is 23.2 Å². The van der Waals surface area contributed by atoms with Gasteiger partial charge in [-0.25, -0.2) is 0 Å². The van der Waals surface area contributed by atoms with E-state index in [9.17, 15) is 4.79 Å². The zero-order valence-electron chi connectivity index (χ0n) is 15.5. The Balaban J connectivity index is 1.41. The maximum Gasteiger partial charge on any atom is 0.234 e. The molecule has 0 aliphatic carbocycles. The van der Waals surface area contributed by atoms with Gasteiger partial charge in [0.05, 0.1) is 6.54 Å². The molecule has 1 aliphatic heterocycles. The number of nitrogens with one attached hydrogen (secondary N) is 1. The summed E-state index contributed by atoms with van der Waals surface area (Å²) in [4.78, 5) is 16.8. The third-order valence-corrected chi connectivity index (χ3v) is 5.35. The fourth-order valence-corrected chi connectivity index (χ4v) is 3.75. The highest BCUT2D eigenvalue weighted by Gasteiger charge is 2.20. The van der Waals surface area contributed by atoms with Crippen LogP contribution in [0.2, 0.25) is 10.0 Å². The van der Waals surface area contributed by atoms with Crippen LogP contribution in [0.25, 0.3) is 0 Å². The predicted molar refractivity (Wildman–Crippen MR) is 113 cm³/mol. The monoisotopic (exact) mass is 405 g/mol. The average molecular weight is 406 g/mol. The van der Waals surface area contributed by atoms with E-state index in [2.05, 4.69) is 28.1 Å². The molecule has 27 heavy (non-hydrogen) atoms. The summed E-state index contributed by atoms with van der Waals surface area (Å²) in [6.07, 6.45) is 0.786. The number of anilines is 1. The van der Waals surface area contributed by atoms with E-state index in [1.54, 1.807) is 0 Å². The lowest BCUT2D eigenvalue weighted by Crippen LogP contribution is -2.49. The van der Waals surface area contributed by atoms with Crippen LogP contribution < -0.4 is 10.2 Å². The molecule has 0 atom stereocenters. The minimum absolute atomic E-state index is 0.0735. The van der Waals surface area contributed by atoms with Crippen LogP contribution in [0.1, 0.15) is 11.1 Å². The first-order chi connectivity index (χ1) is 13.0. The van der Waals surface area contributed by atoms with Crippen molar-refractivity contribution in [1.29, 1.82) is 0 Å². The van der Waals surface area contributed by atoms with Crippen molar-refractivity contribution in [2.45, 2.75) is 13.3 Å². The Morgan fingerprint density at radius 3 is 2.52 bits per heavy atom. The van der Waals surface area contributed by atoms with E-state index in [1.807, 2.05) is 36.4 Å². The first-order valence-electron chi connectivity index (χ1n) is 9.26. The van der Waals surface area contributed by atoms with E-state index in [1.165, 1.54) is 11.3 Å². The van der Waals surface area contributed by atoms with Gasteiger partial charge in [0.2, 0.25) is 5.91 Å². The summed E-state index contributed by atoms with van der Waals surface area (Å²) >= 11 is 12.1. The molecular formula is C21H25Cl2N3O. The molecule has 3 rings (SSSR count). The Hall–Kier alpha value is -1.75. The molecule has 6 heteroatoms. The van der Waals surface area contributed by atoms with Gasteiger partial charge < -0.3 is 10.2 Å². The van der Waals surface area contributed by atoms with Gasteiger partial charge in [-0.3, -0.25) is 9.69 Å². The van der Waals surface area contributed by atoms with Crippen LogP contribution in [0, 0.1) is 6.92 Å². The van der Waals surface area contributed by atoms with Crippen molar-refractivity contribution in [3.05, 3.63) is 63.6 Å². The molecule has 1 N–H and O–H groups in total. The molecule has 1 fully saturated rings. The fourth-order valence-electron chi connectivity index (χ4n) is 3.37. The number of hydrogen-bond acceptors (Lipinski definition) is 3. The van der Waals surface area contributed by atoms with Gasteiger partial charge in [0, 0.05) is 48.5 Å². The van der Waals surface area contributed by atoms with Crippen molar-refractivity contribution in [1.82, 2.24) is 10.2 Å². The summed E-state index contributed by atoms with van der Waals surface area (Å²) in [6.45, 7) is 6.71. The molecule has 0 saturated carbocycles. The van der Waals surface area contributed by atoms with Crippen LogP contribution in [-0.4, -0.2) is 50.1 Å². The number of rotatable bonds is 6. The number of hydrogen-bond donors (Lipinski definition) is 1. The zero-order chi connectivity index (χ0) is 19.2. The first-order valence-corrected chi connectivity index (χ1v) is 10.0. The number of carbonyl (C=O) groups is 1. The molecule has 2 aromatic rings. The third kappa shape index (κ3) is 5.86. The molecule has 4 nitrogen and oxygen atoms in total. The topological polar surface area (TPSA) is 35.6 Å². The van der Waals surface area contributed by atoms with Crippen LogP contribution in [0.4, 0.5) is 5.69 Å². The van der Waals surface area contributed by atoms with Gasteiger partial charge in [-0.15, -0.1) is 0 Å². The van der Waals surface area contributed by atoms with Crippen molar-refractivity contribution in [2.75, 3.05) is 44.2 Å². The summed E-state index contributed by atoms with van der Waals surface area (Å²) in [7, 11) is 0. The van der Waals surface area contributed by atoms with Gasteiger partial charge in [0.25, 0.3) is 0 Å².